The van der Waals surface area contributed by atoms with E-state index < -0.39 is 15.6 Å². The summed E-state index contributed by atoms with van der Waals surface area (Å²) < 4.78 is 38.0. The minimum atomic E-state index is -3.51. The van der Waals surface area contributed by atoms with Crippen LogP contribution in [0.5, 0.6) is 0 Å². The van der Waals surface area contributed by atoms with Gasteiger partial charge in [-0.2, -0.15) is 4.31 Å². The fourth-order valence-electron chi connectivity index (χ4n) is 2.73. The number of ether oxygens (including phenoxy) is 1. The predicted molar refractivity (Wildman–Crippen MR) is 82.8 cm³/mol. The van der Waals surface area contributed by atoms with Gasteiger partial charge in [0.1, 0.15) is 11.4 Å². The molecule has 1 atom stereocenters. The van der Waals surface area contributed by atoms with Gasteiger partial charge in [-0.3, -0.25) is 0 Å². The molecule has 0 aliphatic carbocycles. The van der Waals surface area contributed by atoms with Crippen molar-refractivity contribution < 1.29 is 17.7 Å². The van der Waals surface area contributed by atoms with Crippen LogP contribution in [0.3, 0.4) is 0 Å². The number of morpholine rings is 1. The van der Waals surface area contributed by atoms with Crippen molar-refractivity contribution in [1.29, 1.82) is 0 Å². The van der Waals surface area contributed by atoms with Gasteiger partial charge in [0, 0.05) is 11.9 Å². The van der Waals surface area contributed by atoms with Crippen molar-refractivity contribution in [2.24, 2.45) is 0 Å². The summed E-state index contributed by atoms with van der Waals surface area (Å²) in [5.74, 6) is -0.167. The highest BCUT2D eigenvalue weighted by Gasteiger charge is 2.41. The largest absolute Gasteiger partial charge is 0.375 e. The van der Waals surface area contributed by atoms with E-state index >= 15 is 0 Å². The normalized spacial score (nSPS) is 23.0. The van der Waals surface area contributed by atoms with E-state index in [0.717, 1.165) is 5.39 Å². The Morgan fingerprint density at radius 3 is 2.86 bits per heavy atom. The molecule has 1 aromatic carbocycles. The number of fused-ring (bicyclic) bond motifs is 1. The molecule has 0 N–H and O–H groups in total. The van der Waals surface area contributed by atoms with Gasteiger partial charge in [0.05, 0.1) is 18.2 Å². The van der Waals surface area contributed by atoms with Crippen molar-refractivity contribution in [3.63, 3.8) is 0 Å². The summed E-state index contributed by atoms with van der Waals surface area (Å²) in [4.78, 5) is 0. The van der Waals surface area contributed by atoms with Crippen LogP contribution in [-0.2, 0) is 20.5 Å². The first-order valence-corrected chi connectivity index (χ1v) is 8.86. The third-order valence-corrected chi connectivity index (χ3v) is 5.88. The van der Waals surface area contributed by atoms with E-state index in [1.165, 1.54) is 4.31 Å². The maximum atomic E-state index is 12.8. The Kier molecular flexibility index (Phi) is 3.74. The van der Waals surface area contributed by atoms with Crippen LogP contribution in [0.1, 0.15) is 26.5 Å². The van der Waals surface area contributed by atoms with E-state index in [1.54, 1.807) is 6.07 Å². The van der Waals surface area contributed by atoms with E-state index in [1.807, 2.05) is 39.0 Å². The number of hydrogen-bond donors (Lipinski definition) is 0. The number of hydrogen-bond acceptors (Lipinski definition) is 5. The van der Waals surface area contributed by atoms with E-state index in [2.05, 4.69) is 5.16 Å². The van der Waals surface area contributed by atoms with Gasteiger partial charge in [-0.1, -0.05) is 17.3 Å². The first-order chi connectivity index (χ1) is 10.3. The highest BCUT2D eigenvalue weighted by Crippen LogP contribution is 2.28. The topological polar surface area (TPSA) is 72.6 Å². The fourth-order valence-corrected chi connectivity index (χ4v) is 4.69. The molecule has 1 fully saturated rings. The van der Waals surface area contributed by atoms with Crippen LogP contribution in [0.15, 0.2) is 28.8 Å². The first-order valence-electron chi connectivity index (χ1n) is 7.25. The molecule has 0 unspecified atom stereocenters. The number of para-hydroxylation sites is 1. The number of nitrogens with zero attached hydrogens (tertiary/aromatic N) is 2. The molecule has 22 heavy (non-hydrogen) atoms. The van der Waals surface area contributed by atoms with Crippen LogP contribution < -0.4 is 0 Å². The second-order valence-corrected chi connectivity index (χ2v) is 8.24. The first kappa shape index (κ1) is 15.5. The second-order valence-electron chi connectivity index (χ2n) is 6.35. The number of benzene rings is 1. The maximum absolute atomic E-state index is 12.8. The summed E-state index contributed by atoms with van der Waals surface area (Å²) in [6.45, 7) is 6.36. The zero-order valence-corrected chi connectivity index (χ0v) is 13.8. The van der Waals surface area contributed by atoms with Crippen molar-refractivity contribution in [2.45, 2.75) is 38.2 Å². The Morgan fingerprint density at radius 1 is 1.36 bits per heavy atom. The number of aromatic nitrogens is 1. The van der Waals surface area contributed by atoms with E-state index in [9.17, 15) is 8.42 Å². The highest BCUT2D eigenvalue weighted by molar-refractivity contribution is 7.88. The Bertz CT molecular complexity index is 782. The van der Waals surface area contributed by atoms with E-state index in [-0.39, 0.29) is 11.9 Å². The van der Waals surface area contributed by atoms with Gasteiger partial charge in [-0.15, -0.1) is 0 Å². The van der Waals surface area contributed by atoms with Crippen molar-refractivity contribution in [2.75, 3.05) is 13.2 Å². The third-order valence-electron chi connectivity index (χ3n) is 3.93. The molecule has 1 aliphatic rings. The minimum absolute atomic E-state index is 0.114. The second kappa shape index (κ2) is 5.33. The molecule has 1 aromatic heterocycles. The molecule has 3 rings (SSSR count). The average Bonchev–Trinajstić information content (AvgIpc) is 2.84. The maximum Gasteiger partial charge on any atom is 0.220 e. The molecule has 0 spiro atoms. The highest BCUT2D eigenvalue weighted by atomic mass is 32.2. The van der Waals surface area contributed by atoms with Crippen LogP contribution in [-0.4, -0.2) is 42.7 Å². The van der Waals surface area contributed by atoms with Crippen LogP contribution in [0.4, 0.5) is 0 Å². The number of sulfonamides is 1. The molecular weight excluding hydrogens is 304 g/mol. The molecule has 0 radical (unpaired) electrons. The lowest BCUT2D eigenvalue weighted by Crippen LogP contribution is -2.57. The predicted octanol–water partition coefficient (Wildman–Crippen LogP) is 2.16. The van der Waals surface area contributed by atoms with Gasteiger partial charge in [-0.25, -0.2) is 8.42 Å². The molecule has 2 heterocycles. The summed E-state index contributed by atoms with van der Waals surface area (Å²) in [6.07, 6.45) is -0.114. The molecule has 0 amide bonds. The molecule has 6 nitrogen and oxygen atoms in total. The van der Waals surface area contributed by atoms with Crippen molar-refractivity contribution in [1.82, 2.24) is 9.46 Å². The summed E-state index contributed by atoms with van der Waals surface area (Å²) in [5.41, 5.74) is 0.484. The zero-order chi connectivity index (χ0) is 16.0. The van der Waals surface area contributed by atoms with Crippen molar-refractivity contribution in [3.8, 4) is 0 Å². The quantitative estimate of drug-likeness (QED) is 0.865. The van der Waals surface area contributed by atoms with Crippen LogP contribution in [0.2, 0.25) is 0 Å². The molecule has 120 valence electrons. The lowest BCUT2D eigenvalue weighted by atomic mass is 10.1. The van der Waals surface area contributed by atoms with E-state index in [4.69, 9.17) is 9.26 Å². The molecule has 1 aliphatic heterocycles. The zero-order valence-electron chi connectivity index (χ0n) is 12.9. The van der Waals surface area contributed by atoms with Gasteiger partial charge in [0.25, 0.3) is 0 Å². The number of rotatable bonds is 3. The smallest absolute Gasteiger partial charge is 0.220 e. The molecular formula is C15H20N2O4S. The monoisotopic (exact) mass is 324 g/mol. The molecule has 7 heteroatoms. The Morgan fingerprint density at radius 2 is 2.09 bits per heavy atom. The summed E-state index contributed by atoms with van der Waals surface area (Å²) >= 11 is 0. The summed E-state index contributed by atoms with van der Waals surface area (Å²) in [6, 6.07) is 7.28. The van der Waals surface area contributed by atoms with Crippen LogP contribution >= 0.6 is 0 Å². The molecule has 2 aromatic rings. The van der Waals surface area contributed by atoms with Gasteiger partial charge in [-0.05, 0) is 32.9 Å². The SMILES string of the molecule is C[C@H]1CN(S(=O)(=O)Cc2noc3ccccc23)C(C)(C)CO1. The molecule has 0 saturated carbocycles. The Labute approximate surface area is 130 Å². The van der Waals surface area contributed by atoms with Gasteiger partial charge >= 0.3 is 0 Å². The summed E-state index contributed by atoms with van der Waals surface area (Å²) in [5, 5.41) is 4.67. The van der Waals surface area contributed by atoms with Crippen LogP contribution in [0, 0.1) is 0 Å². The summed E-state index contributed by atoms with van der Waals surface area (Å²) in [7, 11) is -3.51. The fraction of sp³-hybridized carbons (Fsp3) is 0.533. The Balaban J connectivity index is 1.93. The van der Waals surface area contributed by atoms with Gasteiger partial charge in [0.2, 0.25) is 10.0 Å². The Hall–Kier alpha value is -1.44. The van der Waals surface area contributed by atoms with Crippen molar-refractivity contribution >= 4 is 21.0 Å². The van der Waals surface area contributed by atoms with E-state index in [0.29, 0.717) is 24.4 Å². The molecule has 1 saturated heterocycles. The lowest BCUT2D eigenvalue weighted by Gasteiger charge is -2.43. The van der Waals surface area contributed by atoms with Crippen molar-refractivity contribution in [3.05, 3.63) is 30.0 Å². The minimum Gasteiger partial charge on any atom is -0.375 e. The third kappa shape index (κ3) is 2.76. The average molecular weight is 324 g/mol. The van der Waals surface area contributed by atoms with Crippen LogP contribution in [0.25, 0.3) is 11.0 Å². The van der Waals surface area contributed by atoms with Gasteiger partial charge in [0.15, 0.2) is 5.58 Å². The molecule has 0 bridgehead atoms. The van der Waals surface area contributed by atoms with Gasteiger partial charge < -0.3 is 9.26 Å². The lowest BCUT2D eigenvalue weighted by molar-refractivity contribution is -0.0551. The standard InChI is InChI=1S/C15H20N2O4S/c1-11-8-17(15(2,3)10-20-11)22(18,19)9-13-12-6-4-5-7-14(12)21-16-13/h4-7,11H,8-10H2,1-3H3/t11-/m0/s1.